The number of nitrogens with one attached hydrogen (secondary N) is 2. The van der Waals surface area contributed by atoms with E-state index in [9.17, 15) is 19.5 Å². The number of halogens is 1. The lowest BCUT2D eigenvalue weighted by atomic mass is 10.1. The summed E-state index contributed by atoms with van der Waals surface area (Å²) in [6.45, 7) is 1.83. The number of hydrogen-bond acceptors (Lipinski definition) is 5. The number of carboxylic acids is 1. The van der Waals surface area contributed by atoms with Crippen LogP contribution in [0.4, 0.5) is 11.4 Å². The average Bonchev–Trinajstić information content (AvgIpc) is 2.80. The number of anilines is 2. The van der Waals surface area contributed by atoms with E-state index < -0.39 is 11.9 Å². The van der Waals surface area contributed by atoms with E-state index in [1.807, 2.05) is 13.0 Å². The van der Waals surface area contributed by atoms with Gasteiger partial charge in [0.15, 0.2) is 0 Å². The molecule has 0 saturated heterocycles. The van der Waals surface area contributed by atoms with Crippen molar-refractivity contribution in [2.75, 3.05) is 23.5 Å². The van der Waals surface area contributed by atoms with Gasteiger partial charge in [-0.15, -0.1) is 11.8 Å². The van der Waals surface area contributed by atoms with Crippen molar-refractivity contribution in [1.82, 2.24) is 0 Å². The SMILES string of the molecule is COc1cc(Cl)c(C)cc1NC(=O)CSc1cccc(NC(=O)c2ccccc2C(=O)O)c1. The monoisotopic (exact) mass is 484 g/mol. The molecule has 3 rings (SSSR count). The molecular weight excluding hydrogens is 464 g/mol. The minimum absolute atomic E-state index is 0.0645. The highest BCUT2D eigenvalue weighted by molar-refractivity contribution is 8.00. The maximum atomic E-state index is 12.6. The molecule has 0 unspecified atom stereocenters. The van der Waals surface area contributed by atoms with Gasteiger partial charge in [0, 0.05) is 21.7 Å². The maximum absolute atomic E-state index is 12.6. The molecule has 0 atom stereocenters. The Balaban J connectivity index is 1.64. The standard InChI is InChI=1S/C24H21ClN2O5S/c1-14-10-20(21(32-2)12-19(14)25)27-22(28)13-33-16-7-5-6-15(11-16)26-23(29)17-8-3-4-9-18(17)24(30)31/h3-12H,13H2,1-2H3,(H,26,29)(H,27,28)(H,30,31). The van der Waals surface area contributed by atoms with Gasteiger partial charge in [0.2, 0.25) is 5.91 Å². The topological polar surface area (TPSA) is 105 Å². The van der Waals surface area contributed by atoms with E-state index in [2.05, 4.69) is 10.6 Å². The first kappa shape index (κ1) is 24.2. The van der Waals surface area contributed by atoms with Crippen molar-refractivity contribution >= 4 is 52.5 Å². The van der Waals surface area contributed by atoms with E-state index in [1.54, 1.807) is 42.5 Å². The van der Waals surface area contributed by atoms with E-state index in [0.29, 0.717) is 22.1 Å². The number of ether oxygens (including phenoxy) is 1. The van der Waals surface area contributed by atoms with Crippen molar-refractivity contribution in [3.63, 3.8) is 0 Å². The molecule has 0 spiro atoms. The summed E-state index contributed by atoms with van der Waals surface area (Å²) in [5, 5.41) is 15.3. The number of thioether (sulfide) groups is 1. The summed E-state index contributed by atoms with van der Waals surface area (Å²) in [4.78, 5) is 37.1. The normalized spacial score (nSPS) is 10.4. The lowest BCUT2D eigenvalue weighted by molar-refractivity contribution is -0.113. The second-order valence-electron chi connectivity index (χ2n) is 6.97. The molecule has 3 aromatic rings. The summed E-state index contributed by atoms with van der Waals surface area (Å²) in [6.07, 6.45) is 0. The molecule has 0 fully saturated rings. The molecule has 0 heterocycles. The first-order chi connectivity index (χ1) is 15.8. The minimum atomic E-state index is -1.18. The zero-order chi connectivity index (χ0) is 24.0. The molecule has 0 saturated carbocycles. The predicted octanol–water partition coefficient (Wildman–Crippen LogP) is 5.34. The molecule has 33 heavy (non-hydrogen) atoms. The van der Waals surface area contributed by atoms with E-state index in [1.165, 1.54) is 31.0 Å². The van der Waals surface area contributed by atoms with E-state index in [0.717, 1.165) is 10.5 Å². The van der Waals surface area contributed by atoms with Gasteiger partial charge in [0.25, 0.3) is 5.91 Å². The number of hydrogen-bond donors (Lipinski definition) is 3. The fourth-order valence-corrected chi connectivity index (χ4v) is 3.90. The quantitative estimate of drug-likeness (QED) is 0.373. The van der Waals surface area contributed by atoms with Crippen LogP contribution < -0.4 is 15.4 Å². The molecular formula is C24H21ClN2O5S. The van der Waals surface area contributed by atoms with Crippen LogP contribution >= 0.6 is 23.4 Å². The Morgan fingerprint density at radius 1 is 1.00 bits per heavy atom. The van der Waals surface area contributed by atoms with Crippen LogP contribution in [0.2, 0.25) is 5.02 Å². The molecule has 0 aromatic heterocycles. The first-order valence-electron chi connectivity index (χ1n) is 9.79. The van der Waals surface area contributed by atoms with E-state index in [4.69, 9.17) is 16.3 Å². The highest BCUT2D eigenvalue weighted by atomic mass is 35.5. The van der Waals surface area contributed by atoms with E-state index in [-0.39, 0.29) is 22.8 Å². The Kier molecular flexibility index (Phi) is 7.97. The van der Waals surface area contributed by atoms with Gasteiger partial charge in [-0.05, 0) is 48.9 Å². The number of carbonyl (C=O) groups is 3. The maximum Gasteiger partial charge on any atom is 0.336 e. The Morgan fingerprint density at radius 3 is 2.42 bits per heavy atom. The van der Waals surface area contributed by atoms with Gasteiger partial charge in [0.1, 0.15) is 5.75 Å². The summed E-state index contributed by atoms with van der Waals surface area (Å²) in [5.41, 5.74) is 1.82. The van der Waals surface area contributed by atoms with Gasteiger partial charge in [0.05, 0.1) is 29.7 Å². The number of aryl methyl sites for hydroxylation is 1. The van der Waals surface area contributed by atoms with Gasteiger partial charge in [-0.1, -0.05) is 29.8 Å². The van der Waals surface area contributed by atoms with Crippen LogP contribution in [0.15, 0.2) is 65.6 Å². The van der Waals surface area contributed by atoms with Crippen LogP contribution in [0.5, 0.6) is 5.75 Å². The average molecular weight is 485 g/mol. The van der Waals surface area contributed by atoms with Gasteiger partial charge in [-0.25, -0.2) is 4.79 Å². The Hall–Kier alpha value is -3.49. The molecule has 3 aromatic carbocycles. The molecule has 2 amide bonds. The van der Waals surface area contributed by atoms with E-state index >= 15 is 0 Å². The smallest absolute Gasteiger partial charge is 0.336 e. The Morgan fingerprint density at radius 2 is 1.73 bits per heavy atom. The fourth-order valence-electron chi connectivity index (χ4n) is 2.99. The summed E-state index contributed by atoms with van der Waals surface area (Å²) in [6, 6.07) is 16.3. The third kappa shape index (κ3) is 6.27. The molecule has 3 N–H and O–H groups in total. The Bertz CT molecular complexity index is 1220. The van der Waals surface area contributed by atoms with Crippen molar-refractivity contribution in [3.05, 3.63) is 82.4 Å². The van der Waals surface area contributed by atoms with Crippen molar-refractivity contribution in [3.8, 4) is 5.75 Å². The van der Waals surface area contributed by atoms with Crippen molar-refractivity contribution in [1.29, 1.82) is 0 Å². The molecule has 0 aliphatic rings. The zero-order valence-corrected chi connectivity index (χ0v) is 19.4. The van der Waals surface area contributed by atoms with Crippen LogP contribution in [-0.2, 0) is 4.79 Å². The Labute approximate surface area is 200 Å². The number of benzene rings is 3. The zero-order valence-electron chi connectivity index (χ0n) is 17.8. The predicted molar refractivity (Wildman–Crippen MR) is 130 cm³/mol. The van der Waals surface area contributed by atoms with Gasteiger partial charge in [-0.2, -0.15) is 0 Å². The van der Waals surface area contributed by atoms with Crippen molar-refractivity contribution in [2.45, 2.75) is 11.8 Å². The van der Waals surface area contributed by atoms with Gasteiger partial charge >= 0.3 is 5.97 Å². The molecule has 170 valence electrons. The third-order valence-electron chi connectivity index (χ3n) is 4.62. The molecule has 0 aliphatic heterocycles. The van der Waals surface area contributed by atoms with Crippen LogP contribution in [0.1, 0.15) is 26.3 Å². The molecule has 0 bridgehead atoms. The van der Waals surface area contributed by atoms with Crippen LogP contribution in [0.3, 0.4) is 0 Å². The lowest BCUT2D eigenvalue weighted by Crippen LogP contribution is -2.16. The van der Waals surface area contributed by atoms with Crippen molar-refractivity contribution in [2.24, 2.45) is 0 Å². The van der Waals surface area contributed by atoms with Crippen molar-refractivity contribution < 1.29 is 24.2 Å². The largest absolute Gasteiger partial charge is 0.495 e. The molecule has 0 radical (unpaired) electrons. The van der Waals surface area contributed by atoms with Crippen LogP contribution in [0, 0.1) is 6.92 Å². The summed E-state index contributed by atoms with van der Waals surface area (Å²) < 4.78 is 5.27. The van der Waals surface area contributed by atoms with Gasteiger partial charge in [-0.3, -0.25) is 9.59 Å². The van der Waals surface area contributed by atoms with Crippen LogP contribution in [-0.4, -0.2) is 35.8 Å². The molecule has 9 heteroatoms. The number of rotatable bonds is 8. The number of aromatic carboxylic acids is 1. The second-order valence-corrected chi connectivity index (χ2v) is 8.43. The highest BCUT2D eigenvalue weighted by Crippen LogP contribution is 2.31. The number of carbonyl (C=O) groups excluding carboxylic acids is 2. The second kappa shape index (κ2) is 10.9. The first-order valence-corrected chi connectivity index (χ1v) is 11.2. The van der Waals surface area contributed by atoms with Gasteiger partial charge < -0.3 is 20.5 Å². The summed E-state index contributed by atoms with van der Waals surface area (Å²) >= 11 is 7.39. The number of carboxylic acid groups (broad SMARTS) is 1. The lowest BCUT2D eigenvalue weighted by Gasteiger charge is -2.12. The molecule has 0 aliphatic carbocycles. The minimum Gasteiger partial charge on any atom is -0.495 e. The highest BCUT2D eigenvalue weighted by Gasteiger charge is 2.16. The number of amides is 2. The third-order valence-corrected chi connectivity index (χ3v) is 6.02. The van der Waals surface area contributed by atoms with Crippen LogP contribution in [0.25, 0.3) is 0 Å². The fraction of sp³-hybridized carbons (Fsp3) is 0.125. The summed E-state index contributed by atoms with van der Waals surface area (Å²) in [7, 11) is 1.50. The number of methoxy groups -OCH3 is 1. The molecule has 7 nitrogen and oxygen atoms in total. The summed E-state index contributed by atoms with van der Waals surface area (Å²) in [5.74, 6) is -1.34.